The number of halogens is 1. The van der Waals surface area contributed by atoms with Gasteiger partial charge in [0.2, 0.25) is 5.91 Å². The zero-order chi connectivity index (χ0) is 20.8. The minimum atomic E-state index is -0.272. The third-order valence-electron chi connectivity index (χ3n) is 5.70. The molecule has 2 heterocycles. The molecule has 6 heteroatoms. The first kappa shape index (κ1) is 20.3. The molecule has 3 aromatic rings. The van der Waals surface area contributed by atoms with E-state index in [0.29, 0.717) is 18.9 Å². The second kappa shape index (κ2) is 9.67. The molecule has 30 heavy (non-hydrogen) atoms. The number of rotatable bonds is 7. The highest BCUT2D eigenvalue weighted by Crippen LogP contribution is 2.28. The van der Waals surface area contributed by atoms with E-state index in [-0.39, 0.29) is 17.6 Å². The molecule has 0 saturated carbocycles. The van der Waals surface area contributed by atoms with Crippen molar-refractivity contribution in [2.45, 2.75) is 25.8 Å². The van der Waals surface area contributed by atoms with Gasteiger partial charge in [-0.25, -0.2) is 4.39 Å². The lowest BCUT2D eigenvalue weighted by Crippen LogP contribution is -2.40. The van der Waals surface area contributed by atoms with Crippen molar-refractivity contribution in [1.82, 2.24) is 15.8 Å². The average Bonchev–Trinajstić information content (AvgIpc) is 3.24. The number of nitrogens with one attached hydrogen (secondary N) is 2. The van der Waals surface area contributed by atoms with Gasteiger partial charge in [0.15, 0.2) is 5.76 Å². The Hall–Kier alpha value is -2.99. The van der Waals surface area contributed by atoms with Crippen molar-refractivity contribution in [1.29, 1.82) is 0 Å². The van der Waals surface area contributed by atoms with Gasteiger partial charge < -0.3 is 15.2 Å². The van der Waals surface area contributed by atoms with E-state index in [9.17, 15) is 9.18 Å². The number of benzene rings is 2. The van der Waals surface area contributed by atoms with Crippen molar-refractivity contribution < 1.29 is 13.7 Å². The maximum atomic E-state index is 13.0. The molecule has 2 atom stereocenters. The molecule has 1 amide bonds. The molecule has 1 fully saturated rings. The van der Waals surface area contributed by atoms with E-state index in [1.54, 1.807) is 12.1 Å². The molecule has 1 aliphatic heterocycles. The lowest BCUT2D eigenvalue weighted by Gasteiger charge is -2.31. The predicted molar refractivity (Wildman–Crippen MR) is 113 cm³/mol. The van der Waals surface area contributed by atoms with Gasteiger partial charge in [-0.1, -0.05) is 47.6 Å². The minimum absolute atomic E-state index is 0.0290. The van der Waals surface area contributed by atoms with Gasteiger partial charge in [-0.05, 0) is 55.5 Å². The van der Waals surface area contributed by atoms with Gasteiger partial charge in [-0.3, -0.25) is 4.79 Å². The van der Waals surface area contributed by atoms with E-state index in [1.165, 1.54) is 12.1 Å². The smallest absolute Gasteiger partial charge is 0.220 e. The molecule has 4 rings (SSSR count). The summed E-state index contributed by atoms with van der Waals surface area (Å²) in [5, 5.41) is 10.6. The maximum Gasteiger partial charge on any atom is 0.220 e. The standard InChI is InChI=1S/C24H26FN3O2/c25-21-8-6-17(7-9-21)15-27-24(29)13-19-10-11-26-16-20(19)12-22-14-23(30-28-22)18-4-2-1-3-5-18/h1-9,14,19-20,26H,10-13,15-16H2,(H,27,29)/t19-,20-/m0/s1. The maximum absolute atomic E-state index is 13.0. The molecule has 0 spiro atoms. The van der Waals surface area contributed by atoms with Crippen LogP contribution < -0.4 is 10.6 Å². The fourth-order valence-corrected chi connectivity index (χ4v) is 4.01. The van der Waals surface area contributed by atoms with E-state index < -0.39 is 0 Å². The first-order valence-corrected chi connectivity index (χ1v) is 10.4. The lowest BCUT2D eigenvalue weighted by molar-refractivity contribution is -0.122. The van der Waals surface area contributed by atoms with Crippen molar-refractivity contribution in [3.05, 3.63) is 77.7 Å². The zero-order valence-corrected chi connectivity index (χ0v) is 16.8. The van der Waals surface area contributed by atoms with Gasteiger partial charge in [-0.15, -0.1) is 0 Å². The van der Waals surface area contributed by atoms with Crippen LogP contribution in [0.15, 0.2) is 65.2 Å². The molecule has 2 aromatic carbocycles. The van der Waals surface area contributed by atoms with Crippen molar-refractivity contribution >= 4 is 5.91 Å². The molecular formula is C24H26FN3O2. The van der Waals surface area contributed by atoms with Crippen LogP contribution in [-0.4, -0.2) is 24.2 Å². The molecule has 0 unspecified atom stereocenters. The summed E-state index contributed by atoms with van der Waals surface area (Å²) in [6, 6.07) is 18.1. The van der Waals surface area contributed by atoms with Gasteiger partial charge in [0, 0.05) is 24.6 Å². The minimum Gasteiger partial charge on any atom is -0.356 e. The third-order valence-corrected chi connectivity index (χ3v) is 5.70. The van der Waals surface area contributed by atoms with Gasteiger partial charge in [0.1, 0.15) is 5.82 Å². The van der Waals surface area contributed by atoms with Crippen molar-refractivity contribution in [2.24, 2.45) is 11.8 Å². The number of amides is 1. The van der Waals surface area contributed by atoms with E-state index in [1.807, 2.05) is 36.4 Å². The van der Waals surface area contributed by atoms with Crippen LogP contribution in [0.5, 0.6) is 0 Å². The van der Waals surface area contributed by atoms with E-state index in [2.05, 4.69) is 15.8 Å². The summed E-state index contributed by atoms with van der Waals surface area (Å²) >= 11 is 0. The summed E-state index contributed by atoms with van der Waals surface area (Å²) in [6.07, 6.45) is 2.22. The summed E-state index contributed by atoms with van der Waals surface area (Å²) in [7, 11) is 0. The van der Waals surface area contributed by atoms with Crippen LogP contribution >= 0.6 is 0 Å². The summed E-state index contributed by atoms with van der Waals surface area (Å²) in [6.45, 7) is 2.20. The molecule has 0 bridgehead atoms. The molecular weight excluding hydrogens is 381 g/mol. The quantitative estimate of drug-likeness (QED) is 0.622. The summed E-state index contributed by atoms with van der Waals surface area (Å²) in [4.78, 5) is 12.5. The first-order chi connectivity index (χ1) is 14.7. The van der Waals surface area contributed by atoms with E-state index in [0.717, 1.165) is 48.5 Å². The van der Waals surface area contributed by atoms with Crippen LogP contribution in [0.25, 0.3) is 11.3 Å². The highest BCUT2D eigenvalue weighted by atomic mass is 19.1. The fourth-order valence-electron chi connectivity index (χ4n) is 4.01. The summed E-state index contributed by atoms with van der Waals surface area (Å²) in [5.41, 5.74) is 2.82. The Morgan fingerprint density at radius 2 is 1.93 bits per heavy atom. The Balaban J connectivity index is 1.33. The topological polar surface area (TPSA) is 67.2 Å². The Morgan fingerprint density at radius 3 is 2.73 bits per heavy atom. The zero-order valence-electron chi connectivity index (χ0n) is 16.8. The Kier molecular flexibility index (Phi) is 6.54. The van der Waals surface area contributed by atoms with Crippen molar-refractivity contribution in [3.8, 4) is 11.3 Å². The Labute approximate surface area is 175 Å². The van der Waals surface area contributed by atoms with Crippen LogP contribution in [0, 0.1) is 17.7 Å². The molecule has 5 nitrogen and oxygen atoms in total. The number of carbonyl (C=O) groups is 1. The highest BCUT2D eigenvalue weighted by molar-refractivity contribution is 5.76. The predicted octanol–water partition coefficient (Wildman–Crippen LogP) is 3.96. The molecule has 1 saturated heterocycles. The van der Waals surface area contributed by atoms with Crippen LogP contribution in [0.3, 0.4) is 0 Å². The second-order valence-corrected chi connectivity index (χ2v) is 7.87. The average molecular weight is 407 g/mol. The number of carbonyl (C=O) groups excluding carboxylic acids is 1. The van der Waals surface area contributed by atoms with Crippen LogP contribution in [0.2, 0.25) is 0 Å². The molecule has 2 N–H and O–H groups in total. The van der Waals surface area contributed by atoms with Gasteiger partial charge >= 0.3 is 0 Å². The normalized spacial score (nSPS) is 18.8. The molecule has 0 aliphatic carbocycles. The van der Waals surface area contributed by atoms with Crippen LogP contribution in [0.4, 0.5) is 4.39 Å². The summed E-state index contributed by atoms with van der Waals surface area (Å²) in [5.74, 6) is 1.13. The second-order valence-electron chi connectivity index (χ2n) is 7.87. The fraction of sp³-hybridized carbons (Fsp3) is 0.333. The molecule has 1 aromatic heterocycles. The van der Waals surface area contributed by atoms with Crippen molar-refractivity contribution in [3.63, 3.8) is 0 Å². The van der Waals surface area contributed by atoms with Gasteiger partial charge in [0.25, 0.3) is 0 Å². The first-order valence-electron chi connectivity index (χ1n) is 10.4. The Bertz CT molecular complexity index is 956. The third kappa shape index (κ3) is 5.33. The number of piperidine rings is 1. The summed E-state index contributed by atoms with van der Waals surface area (Å²) < 4.78 is 18.5. The lowest BCUT2D eigenvalue weighted by atomic mass is 9.81. The van der Waals surface area contributed by atoms with Crippen LogP contribution in [0.1, 0.15) is 24.1 Å². The number of hydrogen-bond acceptors (Lipinski definition) is 4. The largest absolute Gasteiger partial charge is 0.356 e. The van der Waals surface area contributed by atoms with Crippen LogP contribution in [-0.2, 0) is 17.8 Å². The van der Waals surface area contributed by atoms with E-state index in [4.69, 9.17) is 4.52 Å². The van der Waals surface area contributed by atoms with Crippen molar-refractivity contribution in [2.75, 3.05) is 13.1 Å². The SMILES string of the molecule is O=C(C[C@@H]1CCNC[C@@H]1Cc1cc(-c2ccccc2)on1)NCc1ccc(F)cc1. The van der Waals surface area contributed by atoms with Gasteiger partial charge in [0.05, 0.1) is 5.69 Å². The monoisotopic (exact) mass is 407 g/mol. The number of nitrogens with zero attached hydrogens (tertiary/aromatic N) is 1. The van der Waals surface area contributed by atoms with E-state index >= 15 is 0 Å². The highest BCUT2D eigenvalue weighted by Gasteiger charge is 2.28. The number of aromatic nitrogens is 1. The Morgan fingerprint density at radius 1 is 1.13 bits per heavy atom. The molecule has 1 aliphatic rings. The molecule has 0 radical (unpaired) electrons. The number of hydrogen-bond donors (Lipinski definition) is 2. The molecule has 156 valence electrons. The van der Waals surface area contributed by atoms with Gasteiger partial charge in [-0.2, -0.15) is 0 Å².